The van der Waals surface area contributed by atoms with Crippen molar-refractivity contribution in [2.75, 3.05) is 14.2 Å². The second-order valence-electron chi connectivity index (χ2n) is 3.28. The summed E-state index contributed by atoms with van der Waals surface area (Å²) >= 11 is 3.32. The molecule has 0 aliphatic heterocycles. The molecule has 0 aromatic heterocycles. The Morgan fingerprint density at radius 2 is 2.06 bits per heavy atom. The highest BCUT2D eigenvalue weighted by Crippen LogP contribution is 2.36. The van der Waals surface area contributed by atoms with Gasteiger partial charge in [-0.3, -0.25) is 10.1 Å². The second-order valence-corrected chi connectivity index (χ2v) is 4.14. The van der Waals surface area contributed by atoms with Crippen LogP contribution in [0, 0.1) is 10.1 Å². The zero-order valence-corrected chi connectivity index (χ0v) is 11.3. The molecule has 0 aliphatic carbocycles. The van der Waals surface area contributed by atoms with Crippen LogP contribution in [0.5, 0.6) is 11.5 Å². The first-order chi connectivity index (χ1) is 7.99. The van der Waals surface area contributed by atoms with Gasteiger partial charge < -0.3 is 9.47 Å². The maximum absolute atomic E-state index is 10.5. The van der Waals surface area contributed by atoms with E-state index in [2.05, 4.69) is 15.9 Å². The van der Waals surface area contributed by atoms with Gasteiger partial charge in [-0.05, 0) is 33.6 Å². The molecular weight excluding hydrogens is 290 g/mol. The summed E-state index contributed by atoms with van der Waals surface area (Å²) < 4.78 is 11.0. The van der Waals surface area contributed by atoms with Crippen molar-refractivity contribution in [1.29, 1.82) is 0 Å². The van der Waals surface area contributed by atoms with Crippen molar-refractivity contribution in [3.63, 3.8) is 0 Å². The molecule has 0 aliphatic rings. The number of allylic oxidation sites excluding steroid dienone is 1. The summed E-state index contributed by atoms with van der Waals surface area (Å²) in [7, 11) is 3.04. The van der Waals surface area contributed by atoms with Crippen LogP contribution in [-0.4, -0.2) is 19.1 Å². The van der Waals surface area contributed by atoms with E-state index in [1.165, 1.54) is 27.2 Å². The number of benzene rings is 1. The van der Waals surface area contributed by atoms with Crippen molar-refractivity contribution in [1.82, 2.24) is 0 Å². The molecule has 0 heterocycles. The van der Waals surface area contributed by atoms with Crippen LogP contribution in [-0.2, 0) is 0 Å². The molecule has 0 unspecified atom stereocenters. The Balaban J connectivity index is 3.25. The van der Waals surface area contributed by atoms with E-state index in [1.807, 2.05) is 0 Å². The number of methoxy groups -OCH3 is 2. The minimum atomic E-state index is -0.440. The molecule has 0 bridgehead atoms. The Bertz CT molecular complexity index is 471. The smallest absolute Gasteiger partial charge is 0.243 e. The first-order valence-electron chi connectivity index (χ1n) is 4.73. The first kappa shape index (κ1) is 13.5. The third kappa shape index (κ3) is 3.20. The van der Waals surface area contributed by atoms with E-state index in [4.69, 9.17) is 9.47 Å². The fourth-order valence-electron chi connectivity index (χ4n) is 1.32. The molecule has 1 aromatic rings. The number of ether oxygens (including phenoxy) is 2. The highest BCUT2D eigenvalue weighted by Gasteiger charge is 2.11. The molecule has 17 heavy (non-hydrogen) atoms. The zero-order valence-electron chi connectivity index (χ0n) is 9.69. The molecule has 0 N–H and O–H groups in total. The lowest BCUT2D eigenvalue weighted by molar-refractivity contribution is -0.422. The van der Waals surface area contributed by atoms with Crippen molar-refractivity contribution in [2.24, 2.45) is 0 Å². The number of halogens is 1. The van der Waals surface area contributed by atoms with Crippen LogP contribution in [0.4, 0.5) is 0 Å². The minimum absolute atomic E-state index is 0.0594. The highest BCUT2D eigenvalue weighted by atomic mass is 79.9. The van der Waals surface area contributed by atoms with Crippen LogP contribution >= 0.6 is 15.9 Å². The largest absolute Gasteiger partial charge is 0.493 e. The molecule has 1 rings (SSSR count). The third-order valence-corrected chi connectivity index (χ3v) is 2.71. The monoisotopic (exact) mass is 301 g/mol. The molecule has 5 nitrogen and oxygen atoms in total. The quantitative estimate of drug-likeness (QED) is 0.633. The van der Waals surface area contributed by atoms with Crippen molar-refractivity contribution in [2.45, 2.75) is 6.92 Å². The van der Waals surface area contributed by atoms with E-state index in [-0.39, 0.29) is 5.70 Å². The lowest BCUT2D eigenvalue weighted by Crippen LogP contribution is -1.95. The topological polar surface area (TPSA) is 61.6 Å². The van der Waals surface area contributed by atoms with Gasteiger partial charge in [-0.15, -0.1) is 0 Å². The Labute approximate surface area is 107 Å². The standard InChI is InChI=1S/C11H12BrNO4/c1-7(13(14)15)4-8-5-9(12)11(17-3)10(6-8)16-2/h4-6H,1-3H3/b7-4-. The number of hydrogen-bond acceptors (Lipinski definition) is 4. The van der Waals surface area contributed by atoms with Gasteiger partial charge in [0, 0.05) is 13.0 Å². The summed E-state index contributed by atoms with van der Waals surface area (Å²) in [5, 5.41) is 10.5. The average Bonchev–Trinajstić information content (AvgIpc) is 2.27. The predicted octanol–water partition coefficient (Wildman–Crippen LogP) is 3.10. The van der Waals surface area contributed by atoms with Crippen molar-refractivity contribution in [3.8, 4) is 11.5 Å². The Morgan fingerprint density at radius 1 is 1.41 bits per heavy atom. The minimum Gasteiger partial charge on any atom is -0.493 e. The predicted molar refractivity (Wildman–Crippen MR) is 67.9 cm³/mol. The van der Waals surface area contributed by atoms with Crippen LogP contribution in [0.3, 0.4) is 0 Å². The maximum Gasteiger partial charge on any atom is 0.243 e. The van der Waals surface area contributed by atoms with Crippen LogP contribution in [0.25, 0.3) is 6.08 Å². The summed E-state index contributed by atoms with van der Waals surface area (Å²) in [6, 6.07) is 3.41. The highest BCUT2D eigenvalue weighted by molar-refractivity contribution is 9.10. The second kappa shape index (κ2) is 5.67. The Morgan fingerprint density at radius 3 is 2.53 bits per heavy atom. The molecule has 92 valence electrons. The SMILES string of the molecule is COc1cc(/C=C(/C)[N+](=O)[O-])cc(Br)c1OC. The van der Waals surface area contributed by atoms with E-state index in [0.717, 1.165) is 0 Å². The van der Waals surface area contributed by atoms with Crippen molar-refractivity contribution >= 4 is 22.0 Å². The van der Waals surface area contributed by atoms with Gasteiger partial charge in [0.25, 0.3) is 0 Å². The average molecular weight is 302 g/mol. The summed E-state index contributed by atoms with van der Waals surface area (Å²) in [5.41, 5.74) is 0.729. The Kier molecular flexibility index (Phi) is 4.51. The molecule has 6 heteroatoms. The van der Waals surface area contributed by atoms with Gasteiger partial charge in [0.1, 0.15) is 0 Å². The summed E-state index contributed by atoms with van der Waals surface area (Å²) in [4.78, 5) is 10.1. The normalized spacial score (nSPS) is 11.2. The molecule has 0 atom stereocenters. The van der Waals surface area contributed by atoms with Gasteiger partial charge in [0.2, 0.25) is 5.70 Å². The molecule has 0 fully saturated rings. The van der Waals surface area contributed by atoms with Gasteiger partial charge in [-0.1, -0.05) is 0 Å². The van der Waals surface area contributed by atoms with E-state index in [9.17, 15) is 10.1 Å². The zero-order chi connectivity index (χ0) is 13.0. The molecule has 0 spiro atoms. The van der Waals surface area contributed by atoms with Crippen LogP contribution in [0.1, 0.15) is 12.5 Å². The molecule has 0 radical (unpaired) electrons. The lowest BCUT2D eigenvalue weighted by Gasteiger charge is -2.10. The first-order valence-corrected chi connectivity index (χ1v) is 5.53. The molecular formula is C11H12BrNO4. The van der Waals surface area contributed by atoms with Crippen LogP contribution in [0.2, 0.25) is 0 Å². The van der Waals surface area contributed by atoms with Crippen molar-refractivity contribution < 1.29 is 14.4 Å². The fraction of sp³-hybridized carbons (Fsp3) is 0.273. The number of rotatable bonds is 4. The summed E-state index contributed by atoms with van der Waals surface area (Å²) in [6.45, 7) is 1.44. The number of nitro groups is 1. The number of hydrogen-bond donors (Lipinski definition) is 0. The fourth-order valence-corrected chi connectivity index (χ4v) is 1.94. The van der Waals surface area contributed by atoms with Gasteiger partial charge in [0.15, 0.2) is 11.5 Å². The number of nitrogens with zero attached hydrogens (tertiary/aromatic N) is 1. The maximum atomic E-state index is 10.5. The van der Waals surface area contributed by atoms with E-state index in [1.54, 1.807) is 12.1 Å². The third-order valence-electron chi connectivity index (χ3n) is 2.12. The van der Waals surface area contributed by atoms with Gasteiger partial charge in [-0.2, -0.15) is 0 Å². The molecule has 0 saturated carbocycles. The van der Waals surface area contributed by atoms with Gasteiger partial charge in [-0.25, -0.2) is 0 Å². The van der Waals surface area contributed by atoms with E-state index in [0.29, 0.717) is 21.5 Å². The summed E-state index contributed by atoms with van der Waals surface area (Å²) in [6.07, 6.45) is 1.46. The molecule has 0 amide bonds. The lowest BCUT2D eigenvalue weighted by atomic mass is 10.1. The van der Waals surface area contributed by atoms with Crippen molar-refractivity contribution in [3.05, 3.63) is 38.0 Å². The molecule has 0 saturated heterocycles. The van der Waals surface area contributed by atoms with Gasteiger partial charge >= 0.3 is 0 Å². The van der Waals surface area contributed by atoms with E-state index < -0.39 is 4.92 Å². The van der Waals surface area contributed by atoms with Crippen LogP contribution < -0.4 is 9.47 Å². The van der Waals surface area contributed by atoms with Crippen LogP contribution in [0.15, 0.2) is 22.3 Å². The molecule has 1 aromatic carbocycles. The Hall–Kier alpha value is -1.56. The summed E-state index contributed by atoms with van der Waals surface area (Å²) in [5.74, 6) is 1.08. The van der Waals surface area contributed by atoms with E-state index >= 15 is 0 Å². The van der Waals surface area contributed by atoms with Gasteiger partial charge in [0.05, 0.1) is 23.6 Å².